The minimum atomic E-state index is 0.252. The number of imidazole rings is 1. The molecule has 2 aromatic carbocycles. The molecule has 3 heterocycles. The van der Waals surface area contributed by atoms with Gasteiger partial charge in [0.2, 0.25) is 0 Å². The first-order valence-electron chi connectivity index (χ1n) is 9.99. The van der Waals surface area contributed by atoms with Crippen LogP contribution in [0.25, 0.3) is 33.8 Å². The van der Waals surface area contributed by atoms with E-state index in [1.165, 1.54) is 0 Å². The van der Waals surface area contributed by atoms with E-state index in [0.717, 1.165) is 53.3 Å². The molecule has 5 rings (SSSR count). The van der Waals surface area contributed by atoms with Crippen LogP contribution in [0.1, 0.15) is 6.42 Å². The molecular formula is C23H23N5O2. The van der Waals surface area contributed by atoms with Gasteiger partial charge < -0.3 is 19.4 Å². The largest absolute Gasteiger partial charge is 0.497 e. The van der Waals surface area contributed by atoms with Gasteiger partial charge in [0.05, 0.1) is 19.5 Å². The van der Waals surface area contributed by atoms with Gasteiger partial charge in [-0.25, -0.2) is 15.0 Å². The van der Waals surface area contributed by atoms with Crippen molar-refractivity contribution in [3.63, 3.8) is 0 Å². The molecular weight excluding hydrogens is 378 g/mol. The van der Waals surface area contributed by atoms with E-state index in [1.807, 2.05) is 36.4 Å². The number of nitrogens with zero attached hydrogens (tertiary/aromatic N) is 4. The third-order valence-corrected chi connectivity index (χ3v) is 5.56. The summed E-state index contributed by atoms with van der Waals surface area (Å²) in [6.07, 6.45) is 2.92. The standard InChI is InChI=1S/C23H23N5O2/c1-29-18-8-9-28(13-18)17-10-16(11-19(12-17)30-2)20-21-23(25-14-24-21)27-22(26-20)15-6-4-3-5-7-15/h3-7,10-12,14,18H,8-9,13H2,1-2H3,(H,24,25,26,27). The van der Waals surface area contributed by atoms with Crippen LogP contribution < -0.4 is 9.64 Å². The van der Waals surface area contributed by atoms with Gasteiger partial charge in [0, 0.05) is 43.1 Å². The van der Waals surface area contributed by atoms with Crippen LogP contribution in [0.5, 0.6) is 5.75 Å². The number of fused-ring (bicyclic) bond motifs is 1. The summed E-state index contributed by atoms with van der Waals surface area (Å²) < 4.78 is 11.2. The molecule has 0 saturated carbocycles. The van der Waals surface area contributed by atoms with Crippen LogP contribution in [0.3, 0.4) is 0 Å². The van der Waals surface area contributed by atoms with Gasteiger partial charge in [-0.3, -0.25) is 0 Å². The summed E-state index contributed by atoms with van der Waals surface area (Å²) in [4.78, 5) is 19.5. The minimum absolute atomic E-state index is 0.252. The molecule has 1 aliphatic heterocycles. The third kappa shape index (κ3) is 3.37. The molecule has 1 saturated heterocycles. The summed E-state index contributed by atoms with van der Waals surface area (Å²) in [6, 6.07) is 16.2. The Kier molecular flexibility index (Phi) is 4.80. The van der Waals surface area contributed by atoms with Crippen LogP contribution in [-0.4, -0.2) is 53.3 Å². The number of nitrogens with one attached hydrogen (secondary N) is 1. The molecule has 0 spiro atoms. The summed E-state index contributed by atoms with van der Waals surface area (Å²) in [5, 5.41) is 0. The molecule has 4 aromatic rings. The summed E-state index contributed by atoms with van der Waals surface area (Å²) in [5.74, 6) is 1.44. The number of benzene rings is 2. The number of aromatic amines is 1. The number of hydrogen-bond acceptors (Lipinski definition) is 6. The van der Waals surface area contributed by atoms with Crippen molar-refractivity contribution in [2.24, 2.45) is 0 Å². The Morgan fingerprint density at radius 3 is 2.67 bits per heavy atom. The van der Waals surface area contributed by atoms with Crippen molar-refractivity contribution in [1.29, 1.82) is 0 Å². The molecule has 1 N–H and O–H groups in total. The van der Waals surface area contributed by atoms with E-state index in [9.17, 15) is 0 Å². The predicted molar refractivity (Wildman–Crippen MR) is 117 cm³/mol. The number of anilines is 1. The highest BCUT2D eigenvalue weighted by atomic mass is 16.5. The quantitative estimate of drug-likeness (QED) is 0.546. The maximum Gasteiger partial charge on any atom is 0.181 e. The van der Waals surface area contributed by atoms with Crippen LogP contribution in [0.2, 0.25) is 0 Å². The van der Waals surface area contributed by atoms with E-state index in [2.05, 4.69) is 32.0 Å². The van der Waals surface area contributed by atoms with E-state index in [0.29, 0.717) is 11.5 Å². The molecule has 0 amide bonds. The van der Waals surface area contributed by atoms with Crippen molar-refractivity contribution >= 4 is 16.9 Å². The summed E-state index contributed by atoms with van der Waals surface area (Å²) in [7, 11) is 3.46. The molecule has 7 heteroatoms. The fourth-order valence-electron chi connectivity index (χ4n) is 3.93. The number of hydrogen-bond donors (Lipinski definition) is 1. The lowest BCUT2D eigenvalue weighted by molar-refractivity contribution is 0.121. The second-order valence-corrected chi connectivity index (χ2v) is 7.38. The van der Waals surface area contributed by atoms with Gasteiger partial charge in [-0.1, -0.05) is 30.3 Å². The Bertz CT molecular complexity index is 1170. The van der Waals surface area contributed by atoms with Crippen LogP contribution >= 0.6 is 0 Å². The number of methoxy groups -OCH3 is 2. The van der Waals surface area contributed by atoms with Crippen molar-refractivity contribution in [3.8, 4) is 28.4 Å². The number of ether oxygens (including phenoxy) is 2. The van der Waals surface area contributed by atoms with E-state index < -0.39 is 0 Å². The average molecular weight is 401 g/mol. The Morgan fingerprint density at radius 2 is 1.90 bits per heavy atom. The summed E-state index contributed by atoms with van der Waals surface area (Å²) >= 11 is 0. The van der Waals surface area contributed by atoms with E-state index in [-0.39, 0.29) is 6.10 Å². The molecule has 1 aliphatic rings. The first-order valence-corrected chi connectivity index (χ1v) is 9.99. The van der Waals surface area contributed by atoms with Crippen LogP contribution in [0.15, 0.2) is 54.9 Å². The zero-order valence-electron chi connectivity index (χ0n) is 17.0. The number of aromatic nitrogens is 4. The maximum atomic E-state index is 5.61. The fourth-order valence-corrected chi connectivity index (χ4v) is 3.93. The van der Waals surface area contributed by atoms with Gasteiger partial charge in [0.15, 0.2) is 11.5 Å². The highest BCUT2D eigenvalue weighted by molar-refractivity contribution is 5.89. The Labute approximate surface area is 174 Å². The van der Waals surface area contributed by atoms with Gasteiger partial charge in [0.1, 0.15) is 17.0 Å². The van der Waals surface area contributed by atoms with Crippen LogP contribution in [-0.2, 0) is 4.74 Å². The van der Waals surface area contributed by atoms with Gasteiger partial charge in [-0.05, 0) is 18.6 Å². The molecule has 1 unspecified atom stereocenters. The predicted octanol–water partition coefficient (Wildman–Crippen LogP) is 3.92. The Hall–Kier alpha value is -3.45. The second kappa shape index (κ2) is 7.76. The van der Waals surface area contributed by atoms with Gasteiger partial charge in [0.25, 0.3) is 0 Å². The Morgan fingerprint density at radius 1 is 1.03 bits per heavy atom. The molecule has 1 fully saturated rings. The van der Waals surface area contributed by atoms with Gasteiger partial charge in [-0.2, -0.15) is 0 Å². The molecule has 30 heavy (non-hydrogen) atoms. The van der Waals surface area contributed by atoms with Gasteiger partial charge >= 0.3 is 0 Å². The lowest BCUT2D eigenvalue weighted by Gasteiger charge is -2.20. The number of H-pyrrole nitrogens is 1. The first kappa shape index (κ1) is 18.6. The highest BCUT2D eigenvalue weighted by Gasteiger charge is 2.24. The summed E-state index contributed by atoms with van der Waals surface area (Å²) in [5.41, 5.74) is 5.26. The lowest BCUT2D eigenvalue weighted by atomic mass is 10.1. The van der Waals surface area contributed by atoms with E-state index in [4.69, 9.17) is 14.5 Å². The molecule has 1 atom stereocenters. The molecule has 7 nitrogen and oxygen atoms in total. The maximum absolute atomic E-state index is 5.61. The highest BCUT2D eigenvalue weighted by Crippen LogP contribution is 2.34. The monoisotopic (exact) mass is 401 g/mol. The minimum Gasteiger partial charge on any atom is -0.497 e. The molecule has 152 valence electrons. The summed E-state index contributed by atoms with van der Waals surface area (Å²) in [6.45, 7) is 1.81. The lowest BCUT2D eigenvalue weighted by Crippen LogP contribution is -2.22. The fraction of sp³-hybridized carbons (Fsp3) is 0.261. The van der Waals surface area contributed by atoms with Crippen molar-refractivity contribution < 1.29 is 9.47 Å². The van der Waals surface area contributed by atoms with Crippen molar-refractivity contribution in [2.45, 2.75) is 12.5 Å². The average Bonchev–Trinajstić information content (AvgIpc) is 3.48. The van der Waals surface area contributed by atoms with Crippen LogP contribution in [0.4, 0.5) is 5.69 Å². The molecule has 0 bridgehead atoms. The zero-order valence-corrected chi connectivity index (χ0v) is 17.0. The van der Waals surface area contributed by atoms with Gasteiger partial charge in [-0.15, -0.1) is 0 Å². The second-order valence-electron chi connectivity index (χ2n) is 7.38. The topological polar surface area (TPSA) is 76.2 Å². The van der Waals surface area contributed by atoms with Crippen LogP contribution in [0, 0.1) is 0 Å². The van der Waals surface area contributed by atoms with Crippen molar-refractivity contribution in [3.05, 3.63) is 54.9 Å². The normalized spacial score (nSPS) is 16.3. The molecule has 2 aromatic heterocycles. The Balaban J connectivity index is 1.64. The van der Waals surface area contributed by atoms with E-state index >= 15 is 0 Å². The number of rotatable bonds is 5. The third-order valence-electron chi connectivity index (χ3n) is 5.56. The molecule has 0 aliphatic carbocycles. The van der Waals surface area contributed by atoms with E-state index in [1.54, 1.807) is 20.5 Å². The molecule has 0 radical (unpaired) electrons. The SMILES string of the molecule is COc1cc(-c2nc(-c3ccccc3)nc3nc[nH]c23)cc(N2CCC(OC)C2)c1. The van der Waals surface area contributed by atoms with Crippen molar-refractivity contribution in [1.82, 2.24) is 19.9 Å². The zero-order chi connectivity index (χ0) is 20.5. The van der Waals surface area contributed by atoms with Crippen molar-refractivity contribution in [2.75, 3.05) is 32.2 Å². The first-order chi connectivity index (χ1) is 14.7. The smallest absolute Gasteiger partial charge is 0.181 e.